The maximum absolute atomic E-state index is 13.3. The smallest absolute Gasteiger partial charge is 0.254 e. The first-order valence-electron chi connectivity index (χ1n) is 8.02. The normalized spacial score (nSPS) is 17.8. The lowest BCUT2D eigenvalue weighted by molar-refractivity contribution is -0.124. The molecule has 1 heterocycles. The van der Waals surface area contributed by atoms with Crippen molar-refractivity contribution in [1.82, 2.24) is 4.90 Å². The largest absolute Gasteiger partial charge is 0.325 e. The highest BCUT2D eigenvalue weighted by atomic mass is 35.5. The van der Waals surface area contributed by atoms with E-state index in [0.29, 0.717) is 24.3 Å². The average Bonchev–Trinajstić information content (AvgIpc) is 2.60. The first-order chi connectivity index (χ1) is 11.9. The number of anilines is 1. The predicted molar refractivity (Wildman–Crippen MR) is 95.4 cm³/mol. The molecule has 1 fully saturated rings. The fraction of sp³-hybridized carbons (Fsp3) is 0.263. The van der Waals surface area contributed by atoms with Crippen LogP contribution in [-0.2, 0) is 4.79 Å². The van der Waals surface area contributed by atoms with Crippen LogP contribution in [0.4, 0.5) is 10.1 Å². The van der Waals surface area contributed by atoms with Crippen LogP contribution in [0.2, 0.25) is 5.02 Å². The Bertz CT molecular complexity index is 823. The second-order valence-corrected chi connectivity index (χ2v) is 6.54. The van der Waals surface area contributed by atoms with E-state index in [1.807, 2.05) is 19.1 Å². The molecule has 0 radical (unpaired) electrons. The number of piperazine rings is 1. The number of nitrogens with zero attached hydrogens (tertiary/aromatic N) is 2. The van der Waals surface area contributed by atoms with Crippen LogP contribution < -0.4 is 4.90 Å². The molecule has 0 spiro atoms. The minimum absolute atomic E-state index is 0.0314. The zero-order valence-electron chi connectivity index (χ0n) is 14.0. The first-order valence-corrected chi connectivity index (χ1v) is 8.40. The third-order valence-corrected chi connectivity index (χ3v) is 4.72. The van der Waals surface area contributed by atoms with Gasteiger partial charge >= 0.3 is 0 Å². The summed E-state index contributed by atoms with van der Waals surface area (Å²) in [5.41, 5.74) is 2.16. The monoisotopic (exact) mass is 360 g/mol. The number of benzene rings is 2. The Labute approximate surface area is 150 Å². The van der Waals surface area contributed by atoms with Crippen LogP contribution in [0.25, 0.3) is 0 Å². The fourth-order valence-corrected chi connectivity index (χ4v) is 3.09. The SMILES string of the molecule is Cc1ccc(C(=O)N2CCN(c3ccc(F)c(Cl)c3)C(=O)C2C)cc1. The summed E-state index contributed by atoms with van der Waals surface area (Å²) in [7, 11) is 0. The maximum Gasteiger partial charge on any atom is 0.254 e. The molecule has 0 bridgehead atoms. The molecule has 6 heteroatoms. The molecule has 2 aromatic carbocycles. The van der Waals surface area contributed by atoms with Gasteiger partial charge in [-0.3, -0.25) is 9.59 Å². The van der Waals surface area contributed by atoms with Gasteiger partial charge in [0.25, 0.3) is 5.91 Å². The summed E-state index contributed by atoms with van der Waals surface area (Å²) in [5, 5.41) is -0.0314. The molecule has 4 nitrogen and oxygen atoms in total. The van der Waals surface area contributed by atoms with E-state index in [2.05, 4.69) is 0 Å². The first kappa shape index (κ1) is 17.4. The van der Waals surface area contributed by atoms with Gasteiger partial charge in [-0.05, 0) is 44.2 Å². The molecule has 0 N–H and O–H groups in total. The summed E-state index contributed by atoms with van der Waals surface area (Å²) < 4.78 is 13.3. The number of aryl methyl sites for hydroxylation is 1. The van der Waals surface area contributed by atoms with Gasteiger partial charge in [-0.2, -0.15) is 0 Å². The molecule has 2 aromatic rings. The Morgan fingerprint density at radius 2 is 1.84 bits per heavy atom. The van der Waals surface area contributed by atoms with Crippen LogP contribution in [0.5, 0.6) is 0 Å². The van der Waals surface area contributed by atoms with E-state index < -0.39 is 11.9 Å². The molecule has 3 rings (SSSR count). The summed E-state index contributed by atoms with van der Waals surface area (Å²) in [6.45, 7) is 4.38. The molecule has 130 valence electrons. The number of hydrogen-bond acceptors (Lipinski definition) is 2. The highest BCUT2D eigenvalue weighted by molar-refractivity contribution is 6.31. The van der Waals surface area contributed by atoms with Crippen LogP contribution in [0, 0.1) is 12.7 Å². The van der Waals surface area contributed by atoms with Gasteiger partial charge in [-0.25, -0.2) is 4.39 Å². The molecule has 1 aliphatic heterocycles. The van der Waals surface area contributed by atoms with E-state index in [1.165, 1.54) is 23.1 Å². The van der Waals surface area contributed by atoms with Gasteiger partial charge in [0.15, 0.2) is 0 Å². The third kappa shape index (κ3) is 3.37. The molecule has 1 atom stereocenters. The van der Waals surface area contributed by atoms with Crippen molar-refractivity contribution in [3.05, 3.63) is 64.4 Å². The molecule has 1 saturated heterocycles. The van der Waals surface area contributed by atoms with E-state index in [1.54, 1.807) is 24.0 Å². The van der Waals surface area contributed by atoms with Gasteiger partial charge in [0.1, 0.15) is 11.9 Å². The molecule has 0 aromatic heterocycles. The molecular weight excluding hydrogens is 343 g/mol. The second-order valence-electron chi connectivity index (χ2n) is 6.13. The third-order valence-electron chi connectivity index (χ3n) is 4.43. The van der Waals surface area contributed by atoms with E-state index in [-0.39, 0.29) is 16.8 Å². The van der Waals surface area contributed by atoms with Crippen LogP contribution in [0.3, 0.4) is 0 Å². The Morgan fingerprint density at radius 1 is 1.16 bits per heavy atom. The van der Waals surface area contributed by atoms with Crippen molar-refractivity contribution in [3.8, 4) is 0 Å². The van der Waals surface area contributed by atoms with Gasteiger partial charge in [-0.15, -0.1) is 0 Å². The number of hydrogen-bond donors (Lipinski definition) is 0. The number of amides is 2. The lowest BCUT2D eigenvalue weighted by Gasteiger charge is -2.39. The zero-order chi connectivity index (χ0) is 18.1. The van der Waals surface area contributed by atoms with Crippen molar-refractivity contribution in [2.24, 2.45) is 0 Å². The Hall–Kier alpha value is -2.40. The van der Waals surface area contributed by atoms with Crippen LogP contribution in [0.1, 0.15) is 22.8 Å². The van der Waals surface area contributed by atoms with Crippen molar-refractivity contribution in [1.29, 1.82) is 0 Å². The predicted octanol–water partition coefficient (Wildman–Crippen LogP) is 3.67. The number of carbonyl (C=O) groups is 2. The topological polar surface area (TPSA) is 40.6 Å². The standard InChI is InChI=1S/C19H18ClFN2O2/c1-12-3-5-14(6-4-12)19(25)22-9-10-23(18(24)13(22)2)15-7-8-17(21)16(20)11-15/h3-8,11,13H,9-10H2,1-2H3. The maximum atomic E-state index is 13.3. The summed E-state index contributed by atoms with van der Waals surface area (Å²) in [6, 6.07) is 10.8. The highest BCUT2D eigenvalue weighted by Gasteiger charge is 2.35. The minimum Gasteiger partial charge on any atom is -0.325 e. The highest BCUT2D eigenvalue weighted by Crippen LogP contribution is 2.26. The van der Waals surface area contributed by atoms with Gasteiger partial charge in [0.2, 0.25) is 5.91 Å². The molecule has 0 saturated carbocycles. The van der Waals surface area contributed by atoms with E-state index in [4.69, 9.17) is 11.6 Å². The van der Waals surface area contributed by atoms with Gasteiger partial charge < -0.3 is 9.80 Å². The lowest BCUT2D eigenvalue weighted by Crippen LogP contribution is -2.57. The quantitative estimate of drug-likeness (QED) is 0.820. The van der Waals surface area contributed by atoms with E-state index >= 15 is 0 Å². The van der Waals surface area contributed by atoms with Gasteiger partial charge in [0.05, 0.1) is 5.02 Å². The summed E-state index contributed by atoms with van der Waals surface area (Å²) in [6.07, 6.45) is 0. The van der Waals surface area contributed by atoms with Crippen molar-refractivity contribution in [2.45, 2.75) is 19.9 Å². The van der Waals surface area contributed by atoms with Crippen LogP contribution in [-0.4, -0.2) is 35.8 Å². The second kappa shape index (κ2) is 6.84. The Morgan fingerprint density at radius 3 is 2.48 bits per heavy atom. The molecule has 1 aliphatic rings. The number of rotatable bonds is 2. The van der Waals surface area contributed by atoms with Crippen molar-refractivity contribution in [3.63, 3.8) is 0 Å². The van der Waals surface area contributed by atoms with E-state index in [0.717, 1.165) is 5.56 Å². The summed E-state index contributed by atoms with van der Waals surface area (Å²) in [5.74, 6) is -0.911. The molecule has 2 amide bonds. The Balaban J connectivity index is 1.80. The van der Waals surface area contributed by atoms with Crippen molar-refractivity contribution in [2.75, 3.05) is 18.0 Å². The van der Waals surface area contributed by atoms with Gasteiger partial charge in [-0.1, -0.05) is 29.3 Å². The summed E-state index contributed by atoms with van der Waals surface area (Å²) >= 11 is 5.81. The number of halogens is 2. The molecule has 25 heavy (non-hydrogen) atoms. The molecule has 1 unspecified atom stereocenters. The zero-order valence-corrected chi connectivity index (χ0v) is 14.8. The van der Waals surface area contributed by atoms with Crippen LogP contribution in [0.15, 0.2) is 42.5 Å². The van der Waals surface area contributed by atoms with Crippen molar-refractivity contribution >= 4 is 29.1 Å². The minimum atomic E-state index is -0.605. The Kier molecular flexibility index (Phi) is 4.77. The van der Waals surface area contributed by atoms with Crippen LogP contribution >= 0.6 is 11.6 Å². The van der Waals surface area contributed by atoms with Gasteiger partial charge in [0, 0.05) is 24.3 Å². The molecule has 0 aliphatic carbocycles. The van der Waals surface area contributed by atoms with E-state index in [9.17, 15) is 14.0 Å². The fourth-order valence-electron chi connectivity index (χ4n) is 2.92. The average molecular weight is 361 g/mol. The van der Waals surface area contributed by atoms with Crippen molar-refractivity contribution < 1.29 is 14.0 Å². The molecular formula is C19H18ClFN2O2. The summed E-state index contributed by atoms with van der Waals surface area (Å²) in [4.78, 5) is 28.5. The number of carbonyl (C=O) groups excluding carboxylic acids is 2. The lowest BCUT2D eigenvalue weighted by atomic mass is 10.1.